The third-order valence-electron chi connectivity index (χ3n) is 9.64. The number of primary amides is 1. The predicted octanol–water partition coefficient (Wildman–Crippen LogP) is 1.13. The van der Waals surface area contributed by atoms with Gasteiger partial charge < -0.3 is 39.3 Å². The number of unbranched alkanes of at least 4 members (excludes halogenated alkanes) is 1. The fourth-order valence-electron chi connectivity index (χ4n) is 6.94. The largest absolute Gasteiger partial charge is 0.370 e. The van der Waals surface area contributed by atoms with Crippen LogP contribution in [0.4, 0.5) is 0 Å². The third kappa shape index (κ3) is 11.7. The van der Waals surface area contributed by atoms with Gasteiger partial charge in [-0.2, -0.15) is 0 Å². The van der Waals surface area contributed by atoms with Gasteiger partial charge in [-0.15, -0.1) is 0 Å². The zero-order valence-corrected chi connectivity index (χ0v) is 26.6. The van der Waals surface area contributed by atoms with E-state index < -0.39 is 35.9 Å². The second kappa shape index (κ2) is 17.8. The van der Waals surface area contributed by atoms with Gasteiger partial charge in [-0.3, -0.25) is 24.2 Å². The summed E-state index contributed by atoms with van der Waals surface area (Å²) in [6.45, 7) is 0.765. The maximum atomic E-state index is 14.0. The van der Waals surface area contributed by atoms with E-state index in [0.717, 1.165) is 50.0 Å². The van der Waals surface area contributed by atoms with Crippen molar-refractivity contribution in [3.63, 3.8) is 0 Å². The molecule has 1 aromatic carbocycles. The molecule has 0 aliphatic heterocycles. The van der Waals surface area contributed by atoms with Gasteiger partial charge in [0, 0.05) is 18.9 Å². The van der Waals surface area contributed by atoms with Crippen LogP contribution >= 0.6 is 0 Å². The number of ketones is 1. The zero-order valence-electron chi connectivity index (χ0n) is 26.6. The Balaban J connectivity index is 1.77. The molecule has 2 bridgehead atoms. The molecular weight excluding hydrogens is 572 g/mol. The number of nitrogens with one attached hydrogen (secondary N) is 2. The minimum atomic E-state index is -0.875. The van der Waals surface area contributed by atoms with Crippen LogP contribution in [0.3, 0.4) is 0 Å². The van der Waals surface area contributed by atoms with E-state index in [2.05, 4.69) is 15.6 Å². The molecule has 0 unspecified atom stereocenters. The van der Waals surface area contributed by atoms with Crippen LogP contribution in [0, 0.1) is 17.3 Å². The van der Waals surface area contributed by atoms with Crippen LogP contribution < -0.4 is 39.3 Å². The fourth-order valence-corrected chi connectivity index (χ4v) is 6.94. The fraction of sp³-hybridized carbons (Fsp3) is 0.667. The summed E-state index contributed by atoms with van der Waals surface area (Å²) < 4.78 is 0. The van der Waals surface area contributed by atoms with Gasteiger partial charge >= 0.3 is 0 Å². The van der Waals surface area contributed by atoms with E-state index in [4.69, 9.17) is 28.7 Å². The average Bonchev–Trinajstić information content (AvgIpc) is 3.02. The molecule has 3 aliphatic carbocycles. The van der Waals surface area contributed by atoms with Gasteiger partial charge in [-0.25, -0.2) is 0 Å². The van der Waals surface area contributed by atoms with Crippen LogP contribution in [0.15, 0.2) is 35.3 Å². The topological polar surface area (TPSA) is 235 Å². The van der Waals surface area contributed by atoms with Gasteiger partial charge in [0.1, 0.15) is 6.04 Å². The third-order valence-corrected chi connectivity index (χ3v) is 9.64. The van der Waals surface area contributed by atoms with Gasteiger partial charge in [-0.1, -0.05) is 30.3 Å². The molecule has 0 aromatic heterocycles. The summed E-state index contributed by atoms with van der Waals surface area (Å²) in [5.74, 6) is -1.66. The number of aliphatic imine (C=N–C) groups is 1. The minimum Gasteiger partial charge on any atom is -0.370 e. The highest BCUT2D eigenvalue weighted by atomic mass is 16.2. The van der Waals surface area contributed by atoms with E-state index in [1.54, 1.807) is 0 Å². The highest BCUT2D eigenvalue weighted by molar-refractivity contribution is 5.94. The van der Waals surface area contributed by atoms with Crippen molar-refractivity contribution < 1.29 is 19.2 Å². The number of fused-ring (bicyclic) bond motifs is 3. The summed E-state index contributed by atoms with van der Waals surface area (Å²) in [6, 6.07) is 6.84. The number of Topliss-reactive ketones (excluding diaryl/α,β-unsaturated/α-hetero) is 1. The quantitative estimate of drug-likeness (QED) is 0.0628. The predicted molar refractivity (Wildman–Crippen MR) is 175 cm³/mol. The van der Waals surface area contributed by atoms with E-state index in [1.165, 1.54) is 0 Å². The maximum absolute atomic E-state index is 14.0. The first-order chi connectivity index (χ1) is 21.5. The lowest BCUT2D eigenvalue weighted by Crippen LogP contribution is -2.51. The molecule has 12 nitrogen and oxygen atoms in total. The number of rotatable bonds is 20. The van der Waals surface area contributed by atoms with Gasteiger partial charge in [-0.05, 0) is 107 Å². The average molecular weight is 627 g/mol. The van der Waals surface area contributed by atoms with E-state index in [0.29, 0.717) is 45.1 Å². The minimum absolute atomic E-state index is 0.0110. The molecule has 4 atom stereocenters. The number of nitrogens with zero attached hydrogens (tertiary/aromatic N) is 1. The number of guanidine groups is 1. The molecule has 3 saturated carbocycles. The molecule has 3 fully saturated rings. The van der Waals surface area contributed by atoms with Crippen LogP contribution in [-0.2, 0) is 25.6 Å². The number of carbonyl (C=O) groups is 4. The Bertz CT molecular complexity index is 1130. The van der Waals surface area contributed by atoms with Crippen LogP contribution in [0.1, 0.15) is 89.0 Å². The number of carbonyl (C=O) groups excluding carboxylic acids is 4. The normalized spacial score (nSPS) is 21.6. The lowest BCUT2D eigenvalue weighted by atomic mass is 9.57. The molecule has 250 valence electrons. The summed E-state index contributed by atoms with van der Waals surface area (Å²) >= 11 is 0. The van der Waals surface area contributed by atoms with E-state index >= 15 is 0 Å². The van der Waals surface area contributed by atoms with Crippen molar-refractivity contribution in [2.24, 2.45) is 50.9 Å². The van der Waals surface area contributed by atoms with Gasteiger partial charge in [0.15, 0.2) is 11.7 Å². The lowest BCUT2D eigenvalue weighted by Gasteiger charge is -2.48. The number of hydrogen-bond donors (Lipinski definition) is 7. The summed E-state index contributed by atoms with van der Waals surface area (Å²) in [5, 5.41) is 5.71. The Morgan fingerprint density at radius 3 is 2.09 bits per heavy atom. The molecule has 12 heteroatoms. The summed E-state index contributed by atoms with van der Waals surface area (Å²) in [4.78, 5) is 57.2. The van der Waals surface area contributed by atoms with E-state index in [-0.39, 0.29) is 42.5 Å². The number of hydrogen-bond acceptors (Lipinski definition) is 7. The summed E-state index contributed by atoms with van der Waals surface area (Å²) in [5.41, 5.74) is 29.3. The molecule has 45 heavy (non-hydrogen) atoms. The molecule has 4 rings (SSSR count). The van der Waals surface area contributed by atoms with Crippen molar-refractivity contribution >= 4 is 29.5 Å². The standard InChI is InChI=1S/C33H54N8O4/c34-17-5-4-9-27(29(36)43)41-30(44)24(21-33-14-11-22(12-15-33)13-16-33)20-28(42)26(10-6-18-39-32(37)38)40-31(45)25(35)19-23-7-2-1-3-8-23/h1-3,7-8,22,24-27H,4-6,9-21,34-35H2,(H2,36,43)(H,40,45)(H,41,44)(H4,37,38,39)/t22?,24-,25-,26-,27-,33?/m0/s1. The SMILES string of the molecule is NCCCC[C@H](NC(=O)[C@@H](CC(=O)[C@H](CCCN=C(N)N)NC(=O)[C@@H](N)Cc1ccccc1)CC12CCC(CC1)CC2)C(N)=O. The molecule has 3 aliphatic rings. The van der Waals surface area contributed by atoms with Crippen LogP contribution in [0.2, 0.25) is 0 Å². The highest BCUT2D eigenvalue weighted by Gasteiger charge is 2.43. The van der Waals surface area contributed by atoms with E-state index in [9.17, 15) is 19.2 Å². The maximum Gasteiger partial charge on any atom is 0.239 e. The van der Waals surface area contributed by atoms with Crippen molar-refractivity contribution in [3.8, 4) is 0 Å². The van der Waals surface area contributed by atoms with Gasteiger partial charge in [0.05, 0.1) is 12.1 Å². The van der Waals surface area contributed by atoms with Crippen LogP contribution in [0.25, 0.3) is 0 Å². The highest BCUT2D eigenvalue weighted by Crippen LogP contribution is 2.53. The molecule has 0 heterocycles. The Hall–Kier alpha value is -3.51. The van der Waals surface area contributed by atoms with Gasteiger partial charge in [0.2, 0.25) is 17.7 Å². The smallest absolute Gasteiger partial charge is 0.239 e. The van der Waals surface area contributed by atoms with E-state index in [1.807, 2.05) is 30.3 Å². The van der Waals surface area contributed by atoms with Gasteiger partial charge in [0.25, 0.3) is 0 Å². The van der Waals surface area contributed by atoms with Crippen molar-refractivity contribution in [1.29, 1.82) is 0 Å². The first-order valence-electron chi connectivity index (χ1n) is 16.5. The molecule has 0 spiro atoms. The zero-order chi connectivity index (χ0) is 32.8. The van der Waals surface area contributed by atoms with Crippen LogP contribution in [-0.4, -0.2) is 60.7 Å². The van der Waals surface area contributed by atoms with Crippen molar-refractivity contribution in [2.75, 3.05) is 13.1 Å². The number of amides is 3. The number of benzene rings is 1. The van der Waals surface area contributed by atoms with Crippen molar-refractivity contribution in [3.05, 3.63) is 35.9 Å². The monoisotopic (exact) mass is 626 g/mol. The van der Waals surface area contributed by atoms with Crippen molar-refractivity contribution in [2.45, 2.75) is 108 Å². The summed E-state index contributed by atoms with van der Waals surface area (Å²) in [7, 11) is 0. The second-order valence-corrected chi connectivity index (χ2v) is 13.1. The lowest BCUT2D eigenvalue weighted by molar-refractivity contribution is -0.135. The number of nitrogens with two attached hydrogens (primary N) is 5. The molecule has 1 aromatic rings. The molecular formula is C33H54N8O4. The second-order valence-electron chi connectivity index (χ2n) is 13.1. The van der Waals surface area contributed by atoms with Crippen molar-refractivity contribution in [1.82, 2.24) is 10.6 Å². The first kappa shape index (κ1) is 36.0. The Morgan fingerprint density at radius 1 is 0.867 bits per heavy atom. The Kier molecular flexibility index (Phi) is 14.3. The Morgan fingerprint density at radius 2 is 1.49 bits per heavy atom. The molecule has 3 amide bonds. The Labute approximate surface area is 267 Å². The molecule has 12 N–H and O–H groups in total. The first-order valence-corrected chi connectivity index (χ1v) is 16.5. The van der Waals surface area contributed by atoms with Crippen LogP contribution in [0.5, 0.6) is 0 Å². The summed E-state index contributed by atoms with van der Waals surface area (Å²) in [6.07, 6.45) is 9.72. The molecule has 0 radical (unpaired) electrons. The molecule has 0 saturated heterocycles.